The number of piperidine rings is 1. The van der Waals surface area contributed by atoms with Crippen LogP contribution in [0.5, 0.6) is 11.5 Å². The van der Waals surface area contributed by atoms with Crippen LogP contribution in [0.4, 0.5) is 4.39 Å². The van der Waals surface area contributed by atoms with Crippen molar-refractivity contribution in [2.24, 2.45) is 0 Å². The molecule has 0 saturated carbocycles. The summed E-state index contributed by atoms with van der Waals surface area (Å²) in [5.41, 5.74) is 1.21. The molecule has 156 valence electrons. The van der Waals surface area contributed by atoms with Gasteiger partial charge in [0.15, 0.2) is 11.5 Å². The second-order valence-electron chi connectivity index (χ2n) is 7.12. The molecule has 30 heavy (non-hydrogen) atoms. The molecule has 1 amide bonds. The van der Waals surface area contributed by atoms with Crippen LogP contribution in [0.3, 0.4) is 0 Å². The van der Waals surface area contributed by atoms with Crippen LogP contribution in [0.15, 0.2) is 47.0 Å². The van der Waals surface area contributed by atoms with Gasteiger partial charge in [-0.2, -0.15) is 4.98 Å². The molecule has 2 aromatic carbocycles. The Hall–Kier alpha value is -3.42. The topological polar surface area (TPSA) is 77.7 Å². The van der Waals surface area contributed by atoms with Crippen LogP contribution in [-0.4, -0.2) is 48.3 Å². The van der Waals surface area contributed by atoms with Gasteiger partial charge >= 0.3 is 0 Å². The first kappa shape index (κ1) is 19.9. The highest BCUT2D eigenvalue weighted by atomic mass is 19.1. The van der Waals surface area contributed by atoms with Gasteiger partial charge in [-0.25, -0.2) is 4.39 Å². The Labute approximate surface area is 173 Å². The average molecular weight is 411 g/mol. The van der Waals surface area contributed by atoms with Gasteiger partial charge in [-0.05, 0) is 55.3 Å². The van der Waals surface area contributed by atoms with E-state index in [0.29, 0.717) is 41.9 Å². The number of ether oxygens (including phenoxy) is 2. The Morgan fingerprint density at radius 2 is 1.90 bits per heavy atom. The highest BCUT2D eigenvalue weighted by molar-refractivity contribution is 5.94. The maximum absolute atomic E-state index is 13.1. The van der Waals surface area contributed by atoms with Crippen molar-refractivity contribution in [1.29, 1.82) is 0 Å². The molecule has 0 spiro atoms. The molecule has 1 aliphatic heterocycles. The van der Waals surface area contributed by atoms with Crippen LogP contribution >= 0.6 is 0 Å². The van der Waals surface area contributed by atoms with Crippen molar-refractivity contribution in [1.82, 2.24) is 15.0 Å². The minimum atomic E-state index is -0.364. The molecule has 1 aromatic heterocycles. The number of aromatic nitrogens is 2. The molecule has 0 radical (unpaired) electrons. The number of amides is 1. The summed E-state index contributed by atoms with van der Waals surface area (Å²) < 4.78 is 29.2. The van der Waals surface area contributed by atoms with Gasteiger partial charge in [0.05, 0.1) is 20.1 Å². The number of hydrogen-bond donors (Lipinski definition) is 0. The first-order valence-corrected chi connectivity index (χ1v) is 9.70. The quantitative estimate of drug-likeness (QED) is 0.633. The largest absolute Gasteiger partial charge is 0.493 e. The number of nitrogens with zero attached hydrogens (tertiary/aromatic N) is 3. The Kier molecular flexibility index (Phi) is 5.65. The van der Waals surface area contributed by atoms with Crippen molar-refractivity contribution in [2.75, 3.05) is 27.3 Å². The van der Waals surface area contributed by atoms with Gasteiger partial charge in [0, 0.05) is 24.2 Å². The molecule has 2 heterocycles. The summed E-state index contributed by atoms with van der Waals surface area (Å²) in [6, 6.07) is 11.0. The zero-order valence-corrected chi connectivity index (χ0v) is 16.8. The first-order chi connectivity index (χ1) is 14.6. The maximum atomic E-state index is 13.1. The third-order valence-electron chi connectivity index (χ3n) is 5.23. The van der Waals surface area contributed by atoms with Crippen molar-refractivity contribution in [2.45, 2.75) is 18.8 Å². The van der Waals surface area contributed by atoms with Crippen LogP contribution in [0, 0.1) is 5.82 Å². The lowest BCUT2D eigenvalue weighted by atomic mass is 9.97. The molecule has 0 unspecified atom stereocenters. The highest BCUT2D eigenvalue weighted by Gasteiger charge is 2.29. The summed E-state index contributed by atoms with van der Waals surface area (Å²) >= 11 is 0. The summed E-state index contributed by atoms with van der Waals surface area (Å²) in [6.07, 6.45) is 1.67. The lowest BCUT2D eigenvalue weighted by Gasteiger charge is -2.31. The average Bonchev–Trinajstić information content (AvgIpc) is 3.29. The van der Waals surface area contributed by atoms with E-state index in [1.807, 2.05) is 6.07 Å². The van der Waals surface area contributed by atoms with E-state index in [4.69, 9.17) is 14.0 Å². The van der Waals surface area contributed by atoms with E-state index >= 15 is 0 Å². The molecule has 4 rings (SSSR count). The second-order valence-corrected chi connectivity index (χ2v) is 7.12. The number of halogens is 1. The summed E-state index contributed by atoms with van der Waals surface area (Å²) in [7, 11) is 3.14. The number of methoxy groups -OCH3 is 2. The molecular formula is C22H22FN3O4. The molecule has 0 aliphatic carbocycles. The summed E-state index contributed by atoms with van der Waals surface area (Å²) in [5, 5.41) is 4.10. The lowest BCUT2D eigenvalue weighted by Crippen LogP contribution is -2.39. The van der Waals surface area contributed by atoms with E-state index in [2.05, 4.69) is 10.1 Å². The van der Waals surface area contributed by atoms with E-state index in [-0.39, 0.29) is 17.6 Å². The van der Waals surface area contributed by atoms with Crippen LogP contribution < -0.4 is 9.47 Å². The fourth-order valence-electron chi connectivity index (χ4n) is 3.63. The van der Waals surface area contributed by atoms with Crippen LogP contribution in [0.1, 0.15) is 35.0 Å². The molecule has 8 heteroatoms. The normalized spacial score (nSPS) is 16.4. The van der Waals surface area contributed by atoms with E-state index in [9.17, 15) is 9.18 Å². The van der Waals surface area contributed by atoms with Crippen molar-refractivity contribution in [3.05, 3.63) is 59.7 Å². The van der Waals surface area contributed by atoms with E-state index in [0.717, 1.165) is 18.4 Å². The van der Waals surface area contributed by atoms with Gasteiger partial charge in [0.1, 0.15) is 5.82 Å². The third kappa shape index (κ3) is 3.98. The Balaban J connectivity index is 1.50. The fraction of sp³-hybridized carbons (Fsp3) is 0.318. The SMILES string of the molecule is COc1ccc(-c2noc([C@H]3CCCN(C(=O)c4ccc(F)cc4)C3)n2)cc1OC. The van der Waals surface area contributed by atoms with Gasteiger partial charge in [0.2, 0.25) is 11.7 Å². The zero-order valence-electron chi connectivity index (χ0n) is 16.8. The maximum Gasteiger partial charge on any atom is 0.253 e. The Bertz CT molecular complexity index is 1040. The molecule has 1 fully saturated rings. The van der Waals surface area contributed by atoms with Crippen LogP contribution in [0.25, 0.3) is 11.4 Å². The monoisotopic (exact) mass is 411 g/mol. The van der Waals surface area contributed by atoms with Crippen LogP contribution in [-0.2, 0) is 0 Å². The zero-order chi connectivity index (χ0) is 21.1. The minimum Gasteiger partial charge on any atom is -0.493 e. The van der Waals surface area contributed by atoms with Crippen molar-refractivity contribution in [3.8, 4) is 22.9 Å². The van der Waals surface area contributed by atoms with Gasteiger partial charge < -0.3 is 18.9 Å². The first-order valence-electron chi connectivity index (χ1n) is 9.70. The number of likely N-dealkylation sites (tertiary alicyclic amines) is 1. The molecular weight excluding hydrogens is 389 g/mol. The number of carbonyl (C=O) groups excluding carboxylic acids is 1. The number of rotatable bonds is 5. The van der Waals surface area contributed by atoms with Gasteiger partial charge in [0.25, 0.3) is 5.91 Å². The Morgan fingerprint density at radius 1 is 1.13 bits per heavy atom. The molecule has 7 nitrogen and oxygen atoms in total. The molecule has 1 saturated heterocycles. The molecule has 3 aromatic rings. The van der Waals surface area contributed by atoms with Crippen LogP contribution in [0.2, 0.25) is 0 Å². The minimum absolute atomic E-state index is 0.0513. The number of hydrogen-bond acceptors (Lipinski definition) is 6. The standard InChI is InChI=1S/C22H22FN3O4/c1-28-18-10-7-15(12-19(18)29-2)20-24-21(30-25-20)16-4-3-11-26(13-16)22(27)14-5-8-17(23)9-6-14/h5-10,12,16H,3-4,11,13H2,1-2H3/t16-/m0/s1. The lowest BCUT2D eigenvalue weighted by molar-refractivity contribution is 0.0695. The highest BCUT2D eigenvalue weighted by Crippen LogP contribution is 2.33. The smallest absolute Gasteiger partial charge is 0.253 e. The van der Waals surface area contributed by atoms with Crippen molar-refractivity contribution in [3.63, 3.8) is 0 Å². The van der Waals surface area contributed by atoms with Gasteiger partial charge in [-0.15, -0.1) is 0 Å². The summed E-state index contributed by atoms with van der Waals surface area (Å²) in [4.78, 5) is 19.1. The Morgan fingerprint density at radius 3 is 2.63 bits per heavy atom. The van der Waals surface area contributed by atoms with E-state index in [1.165, 1.54) is 24.3 Å². The van der Waals surface area contributed by atoms with E-state index in [1.54, 1.807) is 31.3 Å². The van der Waals surface area contributed by atoms with Gasteiger partial charge in [-0.3, -0.25) is 4.79 Å². The molecule has 1 atom stereocenters. The van der Waals surface area contributed by atoms with Gasteiger partial charge in [-0.1, -0.05) is 5.16 Å². The van der Waals surface area contributed by atoms with E-state index < -0.39 is 0 Å². The third-order valence-corrected chi connectivity index (χ3v) is 5.23. The molecule has 0 bridgehead atoms. The van der Waals surface area contributed by atoms with Crippen molar-refractivity contribution >= 4 is 5.91 Å². The molecule has 0 N–H and O–H groups in total. The predicted octanol–water partition coefficient (Wildman–Crippen LogP) is 3.91. The second kappa shape index (κ2) is 8.52. The van der Waals surface area contributed by atoms with Crippen molar-refractivity contribution < 1.29 is 23.2 Å². The molecule has 1 aliphatic rings. The number of benzene rings is 2. The predicted molar refractivity (Wildman–Crippen MR) is 107 cm³/mol. The fourth-order valence-corrected chi connectivity index (χ4v) is 3.63. The summed E-state index contributed by atoms with van der Waals surface area (Å²) in [5.74, 6) is 1.60. The number of carbonyl (C=O) groups is 1. The summed E-state index contributed by atoms with van der Waals surface area (Å²) in [6.45, 7) is 1.12.